The van der Waals surface area contributed by atoms with E-state index >= 15 is 0 Å². The number of hydrogen-bond acceptors (Lipinski definition) is 6. The van der Waals surface area contributed by atoms with E-state index in [0.29, 0.717) is 11.0 Å². The summed E-state index contributed by atoms with van der Waals surface area (Å²) < 4.78 is 10.8. The van der Waals surface area contributed by atoms with Gasteiger partial charge in [0.05, 0.1) is 5.52 Å². The molecule has 0 fully saturated rings. The number of hydrogen-bond donors (Lipinski definition) is 0. The van der Waals surface area contributed by atoms with Crippen LogP contribution in [0.5, 0.6) is 0 Å². The molecule has 0 aliphatic rings. The second-order valence-electron chi connectivity index (χ2n) is 6.91. The zero-order chi connectivity index (χ0) is 21.1. The number of rotatable bonds is 6. The first-order valence-corrected chi connectivity index (χ1v) is 9.93. The van der Waals surface area contributed by atoms with Gasteiger partial charge in [-0.3, -0.25) is 4.98 Å². The molecule has 0 amide bonds. The monoisotopic (exact) mass is 402 g/mol. The van der Waals surface area contributed by atoms with E-state index < -0.39 is 11.6 Å². The largest absolute Gasteiger partial charge is 0.457 e. The molecule has 0 aliphatic heterocycles. The number of aromatic nitrogens is 1. The van der Waals surface area contributed by atoms with E-state index in [0.717, 1.165) is 35.2 Å². The summed E-state index contributed by atoms with van der Waals surface area (Å²) >= 11 is 0. The number of benzene rings is 2. The summed E-state index contributed by atoms with van der Waals surface area (Å²) in [6, 6.07) is 16.6. The Kier molecular flexibility index (Phi) is 5.48. The fourth-order valence-corrected chi connectivity index (χ4v) is 3.53. The number of ether oxygens (including phenoxy) is 1. The van der Waals surface area contributed by atoms with E-state index in [2.05, 4.69) is 23.7 Å². The normalized spacial score (nSPS) is 11.0. The van der Waals surface area contributed by atoms with Crippen molar-refractivity contribution in [3.05, 3.63) is 82.3 Å². The van der Waals surface area contributed by atoms with E-state index in [4.69, 9.17) is 9.15 Å². The molecular weight excluding hydrogens is 380 g/mol. The highest BCUT2D eigenvalue weighted by Gasteiger charge is 2.17. The summed E-state index contributed by atoms with van der Waals surface area (Å²) in [7, 11) is 0. The average molecular weight is 402 g/mol. The standard InChI is InChI=1S/C24H22N2O4/c1-3-26(4-2)18-10-9-16-13-20(24(28)30-22(16)14-18)23(27)29-15-17-11-12-25-21-8-6-5-7-19(17)21/h5-14H,3-4,15H2,1-2H3. The maximum Gasteiger partial charge on any atom is 0.351 e. The van der Waals surface area contributed by atoms with Gasteiger partial charge in [-0.1, -0.05) is 18.2 Å². The van der Waals surface area contributed by atoms with Crippen LogP contribution >= 0.6 is 0 Å². The predicted molar refractivity (Wildman–Crippen MR) is 117 cm³/mol. The van der Waals surface area contributed by atoms with E-state index in [1.807, 2.05) is 42.5 Å². The average Bonchev–Trinajstić information content (AvgIpc) is 2.77. The van der Waals surface area contributed by atoms with Gasteiger partial charge in [0, 0.05) is 47.4 Å². The van der Waals surface area contributed by atoms with E-state index in [-0.39, 0.29) is 12.2 Å². The molecule has 0 unspecified atom stereocenters. The van der Waals surface area contributed by atoms with E-state index in [1.54, 1.807) is 12.3 Å². The third-order valence-electron chi connectivity index (χ3n) is 5.17. The Morgan fingerprint density at radius 1 is 1.07 bits per heavy atom. The zero-order valence-electron chi connectivity index (χ0n) is 16.9. The van der Waals surface area contributed by atoms with Crippen molar-refractivity contribution in [3.8, 4) is 0 Å². The molecule has 2 aromatic heterocycles. The summed E-state index contributed by atoms with van der Waals surface area (Å²) in [5.41, 5.74) is 2.24. The van der Waals surface area contributed by atoms with Gasteiger partial charge in [-0.25, -0.2) is 9.59 Å². The van der Waals surface area contributed by atoms with Gasteiger partial charge in [0.1, 0.15) is 17.8 Å². The molecule has 152 valence electrons. The Morgan fingerprint density at radius 2 is 1.87 bits per heavy atom. The lowest BCUT2D eigenvalue weighted by atomic mass is 10.1. The Morgan fingerprint density at radius 3 is 2.67 bits per heavy atom. The molecule has 2 heterocycles. The molecule has 0 bridgehead atoms. The topological polar surface area (TPSA) is 72.6 Å². The van der Waals surface area contributed by atoms with Gasteiger partial charge in [-0.15, -0.1) is 0 Å². The number of esters is 1. The van der Waals surface area contributed by atoms with Crippen LogP contribution < -0.4 is 10.5 Å². The van der Waals surface area contributed by atoms with Crippen molar-refractivity contribution in [2.24, 2.45) is 0 Å². The van der Waals surface area contributed by atoms with Crippen LogP contribution in [0.25, 0.3) is 21.9 Å². The molecule has 30 heavy (non-hydrogen) atoms. The quantitative estimate of drug-likeness (QED) is 0.348. The fraction of sp³-hybridized carbons (Fsp3) is 0.208. The van der Waals surface area contributed by atoms with Crippen molar-refractivity contribution in [2.45, 2.75) is 20.5 Å². The Balaban J connectivity index is 1.59. The molecule has 0 saturated heterocycles. The molecular formula is C24H22N2O4. The van der Waals surface area contributed by atoms with Crippen molar-refractivity contribution in [1.82, 2.24) is 4.98 Å². The van der Waals surface area contributed by atoms with Crippen LogP contribution in [0, 0.1) is 0 Å². The van der Waals surface area contributed by atoms with Gasteiger partial charge in [-0.05, 0) is 44.2 Å². The second kappa shape index (κ2) is 8.37. The predicted octanol–water partition coefficient (Wildman–Crippen LogP) is 4.54. The SMILES string of the molecule is CCN(CC)c1ccc2cc(C(=O)OCc3ccnc4ccccc34)c(=O)oc2c1. The highest BCUT2D eigenvalue weighted by Crippen LogP contribution is 2.22. The van der Waals surface area contributed by atoms with Gasteiger partial charge < -0.3 is 14.1 Å². The van der Waals surface area contributed by atoms with Gasteiger partial charge in [0.25, 0.3) is 0 Å². The first-order chi connectivity index (χ1) is 14.6. The second-order valence-corrected chi connectivity index (χ2v) is 6.91. The highest BCUT2D eigenvalue weighted by molar-refractivity contribution is 5.93. The zero-order valence-corrected chi connectivity index (χ0v) is 16.9. The molecule has 6 nitrogen and oxygen atoms in total. The van der Waals surface area contributed by atoms with Crippen LogP contribution in [0.15, 0.2) is 70.0 Å². The Labute approximate surface area is 173 Å². The highest BCUT2D eigenvalue weighted by atomic mass is 16.5. The number of anilines is 1. The van der Waals surface area contributed by atoms with Gasteiger partial charge >= 0.3 is 11.6 Å². The number of carbonyl (C=O) groups excluding carboxylic acids is 1. The smallest absolute Gasteiger partial charge is 0.351 e. The van der Waals surface area contributed by atoms with Crippen LogP contribution in [0.1, 0.15) is 29.8 Å². The van der Waals surface area contributed by atoms with Crippen molar-refractivity contribution < 1.29 is 13.9 Å². The Hall–Kier alpha value is -3.67. The number of nitrogens with zero attached hydrogens (tertiary/aromatic N) is 2. The molecule has 2 aromatic carbocycles. The summed E-state index contributed by atoms with van der Waals surface area (Å²) in [6.07, 6.45) is 1.67. The van der Waals surface area contributed by atoms with Gasteiger partial charge in [0.15, 0.2) is 0 Å². The van der Waals surface area contributed by atoms with Crippen LogP contribution in [0.3, 0.4) is 0 Å². The van der Waals surface area contributed by atoms with Crippen LogP contribution in [0.2, 0.25) is 0 Å². The third kappa shape index (κ3) is 3.76. The molecule has 0 aliphatic carbocycles. The minimum absolute atomic E-state index is 0.0419. The molecule has 6 heteroatoms. The lowest BCUT2D eigenvalue weighted by Crippen LogP contribution is -2.21. The molecule has 0 N–H and O–H groups in total. The molecule has 0 radical (unpaired) electrons. The van der Waals surface area contributed by atoms with Crippen molar-refractivity contribution in [1.29, 1.82) is 0 Å². The maximum absolute atomic E-state index is 12.6. The molecule has 0 saturated carbocycles. The number of pyridine rings is 1. The van der Waals surface area contributed by atoms with Crippen molar-refractivity contribution in [3.63, 3.8) is 0 Å². The summed E-state index contributed by atoms with van der Waals surface area (Å²) in [5.74, 6) is -0.709. The van der Waals surface area contributed by atoms with Crippen molar-refractivity contribution >= 4 is 33.5 Å². The van der Waals surface area contributed by atoms with Gasteiger partial charge in [0.2, 0.25) is 0 Å². The fourth-order valence-electron chi connectivity index (χ4n) is 3.53. The summed E-state index contributed by atoms with van der Waals surface area (Å²) in [6.45, 7) is 5.87. The number of carbonyl (C=O) groups is 1. The molecule has 0 atom stereocenters. The van der Waals surface area contributed by atoms with E-state index in [9.17, 15) is 9.59 Å². The lowest BCUT2D eigenvalue weighted by Gasteiger charge is -2.20. The van der Waals surface area contributed by atoms with E-state index in [1.165, 1.54) is 6.07 Å². The first kappa shape index (κ1) is 19.6. The summed E-state index contributed by atoms with van der Waals surface area (Å²) in [5, 5.41) is 1.58. The molecule has 4 aromatic rings. The maximum atomic E-state index is 12.6. The lowest BCUT2D eigenvalue weighted by molar-refractivity contribution is 0.0469. The number of fused-ring (bicyclic) bond motifs is 2. The minimum Gasteiger partial charge on any atom is -0.457 e. The first-order valence-electron chi connectivity index (χ1n) is 9.93. The van der Waals surface area contributed by atoms with Crippen LogP contribution in [-0.4, -0.2) is 24.0 Å². The molecule has 4 rings (SSSR count). The van der Waals surface area contributed by atoms with Crippen LogP contribution in [0.4, 0.5) is 5.69 Å². The minimum atomic E-state index is -0.709. The van der Waals surface area contributed by atoms with Crippen molar-refractivity contribution in [2.75, 3.05) is 18.0 Å². The number of para-hydroxylation sites is 1. The van der Waals surface area contributed by atoms with Crippen LogP contribution in [-0.2, 0) is 11.3 Å². The third-order valence-corrected chi connectivity index (χ3v) is 5.17. The molecule has 0 spiro atoms. The van der Waals surface area contributed by atoms with Gasteiger partial charge in [-0.2, -0.15) is 0 Å². The summed E-state index contributed by atoms with van der Waals surface area (Å²) in [4.78, 5) is 31.5. The Bertz CT molecular complexity index is 1270.